The molecule has 0 saturated heterocycles. The van der Waals surface area contributed by atoms with E-state index in [0.29, 0.717) is 0 Å². The Bertz CT molecular complexity index is 564. The third kappa shape index (κ3) is 4.87. The largest absolute Gasteiger partial charge is 0.358 e. The first kappa shape index (κ1) is 15.5. The van der Waals surface area contributed by atoms with E-state index in [9.17, 15) is 0 Å². The minimum atomic E-state index is 0.763. The molecule has 0 spiro atoms. The minimum Gasteiger partial charge on any atom is -0.358 e. The molecular formula is C18H22N2S. The lowest BCUT2D eigenvalue weighted by molar-refractivity contribution is 0.489. The lowest BCUT2D eigenvalue weighted by atomic mass is 10.1. The van der Waals surface area contributed by atoms with Crippen molar-refractivity contribution in [1.29, 1.82) is 0 Å². The molecule has 0 radical (unpaired) electrons. The van der Waals surface area contributed by atoms with Gasteiger partial charge in [-0.3, -0.25) is 0 Å². The Morgan fingerprint density at radius 1 is 0.952 bits per heavy atom. The topological polar surface area (TPSA) is 15.3 Å². The van der Waals surface area contributed by atoms with Crippen LogP contribution in [0.15, 0.2) is 54.6 Å². The normalized spacial score (nSPS) is 10.2. The van der Waals surface area contributed by atoms with E-state index in [1.807, 2.05) is 25.2 Å². The number of nitrogens with zero attached hydrogens (tertiary/aromatic N) is 1. The molecule has 0 bridgehead atoms. The van der Waals surface area contributed by atoms with Crippen LogP contribution in [-0.4, -0.2) is 17.1 Å². The van der Waals surface area contributed by atoms with E-state index in [2.05, 4.69) is 53.5 Å². The molecule has 0 heterocycles. The first-order valence-corrected chi connectivity index (χ1v) is 7.70. The Morgan fingerprint density at radius 2 is 1.57 bits per heavy atom. The molecule has 2 aromatic carbocycles. The van der Waals surface area contributed by atoms with Gasteiger partial charge in [0.05, 0.1) is 0 Å². The zero-order chi connectivity index (χ0) is 15.1. The van der Waals surface area contributed by atoms with Crippen molar-refractivity contribution in [2.45, 2.75) is 26.4 Å². The zero-order valence-electron chi connectivity index (χ0n) is 12.7. The van der Waals surface area contributed by atoms with Crippen molar-refractivity contribution in [3.05, 3.63) is 71.3 Å². The summed E-state index contributed by atoms with van der Waals surface area (Å²) in [6.07, 6.45) is 1.08. The summed E-state index contributed by atoms with van der Waals surface area (Å²) in [6.45, 7) is 3.76. The first-order chi connectivity index (χ1) is 10.2. The predicted molar refractivity (Wildman–Crippen MR) is 93.2 cm³/mol. The van der Waals surface area contributed by atoms with Crippen LogP contribution in [0.1, 0.15) is 23.6 Å². The second-order valence-corrected chi connectivity index (χ2v) is 5.56. The number of rotatable bonds is 5. The van der Waals surface area contributed by atoms with Crippen molar-refractivity contribution in [2.75, 3.05) is 7.05 Å². The van der Waals surface area contributed by atoms with Crippen molar-refractivity contribution in [1.82, 2.24) is 10.2 Å². The highest BCUT2D eigenvalue weighted by molar-refractivity contribution is 7.80. The summed E-state index contributed by atoms with van der Waals surface area (Å²) in [5.74, 6) is 0. The first-order valence-electron chi connectivity index (χ1n) is 7.29. The van der Waals surface area contributed by atoms with E-state index < -0.39 is 0 Å². The Labute approximate surface area is 132 Å². The minimum absolute atomic E-state index is 0.763. The molecule has 0 aliphatic rings. The zero-order valence-corrected chi connectivity index (χ0v) is 13.5. The number of nitrogens with one attached hydrogen (secondary N) is 1. The average molecular weight is 298 g/mol. The fraction of sp³-hybridized carbons (Fsp3) is 0.278. The summed E-state index contributed by atoms with van der Waals surface area (Å²) < 4.78 is 0. The van der Waals surface area contributed by atoms with Gasteiger partial charge in [-0.15, -0.1) is 0 Å². The van der Waals surface area contributed by atoms with Gasteiger partial charge in [-0.2, -0.15) is 0 Å². The summed E-state index contributed by atoms with van der Waals surface area (Å²) in [6, 6.07) is 19.0. The van der Waals surface area contributed by atoms with Crippen LogP contribution in [0.3, 0.4) is 0 Å². The van der Waals surface area contributed by atoms with Crippen LogP contribution in [0.4, 0.5) is 0 Å². The molecule has 2 aromatic rings. The fourth-order valence-corrected chi connectivity index (χ4v) is 2.27. The second kappa shape index (κ2) is 7.79. The SMILES string of the molecule is CCc1ccc(CN(C)C(=S)NCc2ccccc2)cc1. The lowest BCUT2D eigenvalue weighted by Gasteiger charge is -2.21. The van der Waals surface area contributed by atoms with Crippen LogP contribution < -0.4 is 5.32 Å². The molecule has 110 valence electrons. The van der Waals surface area contributed by atoms with Gasteiger partial charge < -0.3 is 10.2 Å². The number of thiocarbonyl (C=S) groups is 1. The Hall–Kier alpha value is -1.87. The molecule has 0 amide bonds. The maximum atomic E-state index is 5.44. The number of aryl methyl sites for hydroxylation is 1. The maximum Gasteiger partial charge on any atom is 0.169 e. The predicted octanol–water partition coefficient (Wildman–Crippen LogP) is 3.76. The summed E-state index contributed by atoms with van der Waals surface area (Å²) in [5, 5.41) is 4.08. The average Bonchev–Trinajstić information content (AvgIpc) is 2.54. The highest BCUT2D eigenvalue weighted by Gasteiger charge is 2.05. The molecule has 0 fully saturated rings. The number of benzene rings is 2. The maximum absolute atomic E-state index is 5.44. The van der Waals surface area contributed by atoms with Crippen LogP contribution in [-0.2, 0) is 19.5 Å². The quantitative estimate of drug-likeness (QED) is 0.846. The van der Waals surface area contributed by atoms with Crippen LogP contribution in [0, 0.1) is 0 Å². The Kier molecular flexibility index (Phi) is 5.76. The van der Waals surface area contributed by atoms with E-state index in [1.165, 1.54) is 16.7 Å². The van der Waals surface area contributed by atoms with Crippen LogP contribution in [0.25, 0.3) is 0 Å². The van der Waals surface area contributed by atoms with Crippen molar-refractivity contribution >= 4 is 17.3 Å². The van der Waals surface area contributed by atoms with Crippen molar-refractivity contribution < 1.29 is 0 Å². The molecule has 1 N–H and O–H groups in total. The van der Waals surface area contributed by atoms with Crippen LogP contribution in [0.5, 0.6) is 0 Å². The van der Waals surface area contributed by atoms with Gasteiger partial charge in [0.1, 0.15) is 0 Å². The van der Waals surface area contributed by atoms with Crippen molar-refractivity contribution in [3.63, 3.8) is 0 Å². The lowest BCUT2D eigenvalue weighted by Crippen LogP contribution is -2.36. The monoisotopic (exact) mass is 298 g/mol. The second-order valence-electron chi connectivity index (χ2n) is 5.17. The molecule has 2 rings (SSSR count). The Morgan fingerprint density at radius 3 is 2.19 bits per heavy atom. The standard InChI is InChI=1S/C18H22N2S/c1-3-15-9-11-17(12-10-15)14-20(2)18(21)19-13-16-7-5-4-6-8-16/h4-12H,3,13-14H2,1-2H3,(H,19,21). The van der Waals surface area contributed by atoms with Gasteiger partial charge in [0.15, 0.2) is 5.11 Å². The van der Waals surface area contributed by atoms with Gasteiger partial charge in [-0.1, -0.05) is 61.5 Å². The van der Waals surface area contributed by atoms with Gasteiger partial charge in [-0.25, -0.2) is 0 Å². The van der Waals surface area contributed by atoms with Crippen LogP contribution >= 0.6 is 12.2 Å². The van der Waals surface area contributed by atoms with Gasteiger partial charge in [0.2, 0.25) is 0 Å². The van der Waals surface area contributed by atoms with E-state index in [-0.39, 0.29) is 0 Å². The van der Waals surface area contributed by atoms with Crippen molar-refractivity contribution in [2.24, 2.45) is 0 Å². The molecule has 21 heavy (non-hydrogen) atoms. The fourth-order valence-electron chi connectivity index (χ4n) is 2.13. The smallest absolute Gasteiger partial charge is 0.169 e. The molecule has 0 unspecified atom stereocenters. The molecule has 0 aromatic heterocycles. The highest BCUT2D eigenvalue weighted by atomic mass is 32.1. The van der Waals surface area contributed by atoms with E-state index >= 15 is 0 Å². The Balaban J connectivity index is 1.84. The van der Waals surface area contributed by atoms with Gasteiger partial charge in [0, 0.05) is 20.1 Å². The molecule has 3 heteroatoms. The summed E-state index contributed by atoms with van der Waals surface area (Å²) >= 11 is 5.44. The molecule has 0 saturated carbocycles. The molecule has 2 nitrogen and oxygen atoms in total. The van der Waals surface area contributed by atoms with E-state index in [0.717, 1.165) is 24.6 Å². The highest BCUT2D eigenvalue weighted by Crippen LogP contribution is 2.07. The van der Waals surface area contributed by atoms with E-state index in [4.69, 9.17) is 12.2 Å². The third-order valence-corrected chi connectivity index (χ3v) is 3.94. The molecular weight excluding hydrogens is 276 g/mol. The number of hydrogen-bond donors (Lipinski definition) is 1. The van der Waals surface area contributed by atoms with Gasteiger partial charge >= 0.3 is 0 Å². The molecule has 0 atom stereocenters. The summed E-state index contributed by atoms with van der Waals surface area (Å²) in [4.78, 5) is 2.07. The third-order valence-electron chi connectivity index (χ3n) is 3.48. The van der Waals surface area contributed by atoms with E-state index in [1.54, 1.807) is 0 Å². The summed E-state index contributed by atoms with van der Waals surface area (Å²) in [5.41, 5.74) is 3.88. The molecule has 0 aliphatic heterocycles. The van der Waals surface area contributed by atoms with Gasteiger partial charge in [0.25, 0.3) is 0 Å². The van der Waals surface area contributed by atoms with Crippen LogP contribution in [0.2, 0.25) is 0 Å². The van der Waals surface area contributed by atoms with Gasteiger partial charge in [-0.05, 0) is 35.3 Å². The summed E-state index contributed by atoms with van der Waals surface area (Å²) in [7, 11) is 2.02. The molecule has 0 aliphatic carbocycles. The van der Waals surface area contributed by atoms with Crippen molar-refractivity contribution in [3.8, 4) is 0 Å². The number of hydrogen-bond acceptors (Lipinski definition) is 1.